The molecule has 23 heavy (non-hydrogen) atoms. The van der Waals surface area contributed by atoms with Crippen LogP contribution in [0.4, 0.5) is 0 Å². The van der Waals surface area contributed by atoms with Gasteiger partial charge in [-0.25, -0.2) is 4.98 Å². The van der Waals surface area contributed by atoms with Crippen molar-refractivity contribution in [2.75, 3.05) is 20.8 Å². The van der Waals surface area contributed by atoms with Crippen molar-refractivity contribution in [3.05, 3.63) is 53.9 Å². The van der Waals surface area contributed by atoms with Crippen molar-refractivity contribution < 1.29 is 9.47 Å². The fraction of sp³-hybridized carbons (Fsp3) is 0.278. The van der Waals surface area contributed by atoms with E-state index in [1.165, 1.54) is 0 Å². The third-order valence-electron chi connectivity index (χ3n) is 3.90. The first-order valence-corrected chi connectivity index (χ1v) is 7.62. The Bertz CT molecular complexity index is 811. The summed E-state index contributed by atoms with van der Waals surface area (Å²) in [6.07, 6.45) is 0.717. The monoisotopic (exact) mass is 311 g/mol. The lowest BCUT2D eigenvalue weighted by atomic mass is 10.1. The van der Waals surface area contributed by atoms with E-state index >= 15 is 0 Å². The quantitative estimate of drug-likeness (QED) is 0.760. The number of hydrogen-bond acceptors (Lipinski definition) is 4. The Labute approximate surface area is 135 Å². The van der Waals surface area contributed by atoms with Crippen molar-refractivity contribution in [1.29, 1.82) is 0 Å². The number of ether oxygens (including phenoxy) is 2. The van der Waals surface area contributed by atoms with Crippen molar-refractivity contribution >= 4 is 11.0 Å². The molecular formula is C18H21N3O2. The highest BCUT2D eigenvalue weighted by atomic mass is 16.5. The van der Waals surface area contributed by atoms with Gasteiger partial charge in [-0.15, -0.1) is 0 Å². The van der Waals surface area contributed by atoms with Crippen molar-refractivity contribution in [1.82, 2.24) is 9.55 Å². The molecular weight excluding hydrogens is 290 g/mol. The molecule has 0 aliphatic rings. The number of benzene rings is 2. The Hall–Kier alpha value is -2.53. The second kappa shape index (κ2) is 6.71. The largest absolute Gasteiger partial charge is 0.493 e. The number of aromatic nitrogens is 2. The number of fused-ring (bicyclic) bond motifs is 1. The molecule has 2 N–H and O–H groups in total. The van der Waals surface area contributed by atoms with Crippen molar-refractivity contribution in [2.24, 2.45) is 5.73 Å². The van der Waals surface area contributed by atoms with Crippen LogP contribution in [0.15, 0.2) is 42.5 Å². The van der Waals surface area contributed by atoms with Crippen LogP contribution >= 0.6 is 0 Å². The average molecular weight is 311 g/mol. The van der Waals surface area contributed by atoms with E-state index in [4.69, 9.17) is 20.2 Å². The van der Waals surface area contributed by atoms with E-state index in [0.29, 0.717) is 6.54 Å². The predicted molar refractivity (Wildman–Crippen MR) is 91.1 cm³/mol. The molecule has 3 aromatic rings. The summed E-state index contributed by atoms with van der Waals surface area (Å²) in [7, 11) is 3.28. The van der Waals surface area contributed by atoms with Gasteiger partial charge in [0.05, 0.1) is 25.3 Å². The third-order valence-corrected chi connectivity index (χ3v) is 3.90. The van der Waals surface area contributed by atoms with Crippen LogP contribution in [0.5, 0.6) is 11.5 Å². The summed E-state index contributed by atoms with van der Waals surface area (Å²) >= 11 is 0. The van der Waals surface area contributed by atoms with E-state index < -0.39 is 0 Å². The Morgan fingerprint density at radius 1 is 1.04 bits per heavy atom. The van der Waals surface area contributed by atoms with Gasteiger partial charge in [-0.3, -0.25) is 0 Å². The fourth-order valence-corrected chi connectivity index (χ4v) is 2.81. The van der Waals surface area contributed by atoms with Crippen molar-refractivity contribution in [3.8, 4) is 11.5 Å². The van der Waals surface area contributed by atoms with Crippen LogP contribution < -0.4 is 15.2 Å². The summed E-state index contributed by atoms with van der Waals surface area (Å²) in [6, 6.07) is 14.1. The summed E-state index contributed by atoms with van der Waals surface area (Å²) in [4.78, 5) is 4.76. The lowest BCUT2D eigenvalue weighted by Crippen LogP contribution is -2.13. The molecule has 5 heteroatoms. The van der Waals surface area contributed by atoms with Crippen LogP contribution in [0.1, 0.15) is 11.4 Å². The summed E-state index contributed by atoms with van der Waals surface area (Å²) in [5, 5.41) is 0. The molecule has 0 unspecified atom stereocenters. The number of imidazole rings is 1. The molecule has 0 spiro atoms. The molecule has 0 aliphatic heterocycles. The standard InChI is InChI=1S/C18H21N3O2/c1-22-16-8-7-13(11-17(16)23-2)12-18-20-14-5-3-4-6-15(14)21(18)10-9-19/h3-8,11H,9-10,12,19H2,1-2H3. The molecule has 0 aliphatic carbocycles. The maximum Gasteiger partial charge on any atom is 0.161 e. The molecule has 0 fully saturated rings. The summed E-state index contributed by atoms with van der Waals surface area (Å²) < 4.78 is 12.9. The molecule has 0 bridgehead atoms. The third kappa shape index (κ3) is 3.00. The van der Waals surface area contributed by atoms with Crippen molar-refractivity contribution in [2.45, 2.75) is 13.0 Å². The molecule has 120 valence electrons. The zero-order chi connectivity index (χ0) is 16.2. The summed E-state index contributed by atoms with van der Waals surface area (Å²) in [6.45, 7) is 1.34. The first kappa shape index (κ1) is 15.4. The lowest BCUT2D eigenvalue weighted by molar-refractivity contribution is 0.354. The van der Waals surface area contributed by atoms with Gasteiger partial charge in [0.1, 0.15) is 5.82 Å². The molecule has 1 aromatic heterocycles. The fourth-order valence-electron chi connectivity index (χ4n) is 2.81. The summed E-state index contributed by atoms with van der Waals surface area (Å²) in [5.74, 6) is 2.46. The number of methoxy groups -OCH3 is 2. The average Bonchev–Trinajstić information content (AvgIpc) is 2.92. The minimum Gasteiger partial charge on any atom is -0.493 e. The minimum atomic E-state index is 0.583. The van der Waals surface area contributed by atoms with Gasteiger partial charge in [-0.1, -0.05) is 18.2 Å². The molecule has 0 saturated heterocycles. The van der Waals surface area contributed by atoms with E-state index in [1.54, 1.807) is 14.2 Å². The van der Waals surface area contributed by atoms with Crippen LogP contribution in [0, 0.1) is 0 Å². The Morgan fingerprint density at radius 3 is 2.57 bits per heavy atom. The molecule has 0 saturated carbocycles. The van der Waals surface area contributed by atoms with E-state index in [1.807, 2.05) is 36.4 Å². The number of hydrogen-bond donors (Lipinski definition) is 1. The molecule has 1 heterocycles. The molecule has 3 rings (SSSR count). The van der Waals surface area contributed by atoms with Gasteiger partial charge in [-0.2, -0.15) is 0 Å². The van der Waals surface area contributed by atoms with Gasteiger partial charge in [0.25, 0.3) is 0 Å². The van der Waals surface area contributed by atoms with Crippen molar-refractivity contribution in [3.63, 3.8) is 0 Å². The number of nitrogens with zero attached hydrogens (tertiary/aromatic N) is 2. The minimum absolute atomic E-state index is 0.583. The Kier molecular flexibility index (Phi) is 4.48. The smallest absolute Gasteiger partial charge is 0.161 e. The first-order chi connectivity index (χ1) is 11.3. The zero-order valence-electron chi connectivity index (χ0n) is 13.5. The van der Waals surface area contributed by atoms with Crippen LogP contribution in [0.3, 0.4) is 0 Å². The van der Waals surface area contributed by atoms with Gasteiger partial charge < -0.3 is 19.8 Å². The first-order valence-electron chi connectivity index (χ1n) is 7.62. The maximum atomic E-state index is 5.77. The van der Waals surface area contributed by atoms with E-state index in [2.05, 4.69) is 10.6 Å². The summed E-state index contributed by atoms with van der Waals surface area (Å²) in [5.41, 5.74) is 9.01. The van der Waals surface area contributed by atoms with Crippen LogP contribution in [-0.4, -0.2) is 30.3 Å². The molecule has 0 atom stereocenters. The predicted octanol–water partition coefficient (Wildman–Crippen LogP) is 2.60. The topological polar surface area (TPSA) is 62.3 Å². The van der Waals surface area contributed by atoms with E-state index in [0.717, 1.165) is 46.9 Å². The van der Waals surface area contributed by atoms with Gasteiger partial charge in [-0.05, 0) is 29.8 Å². The second-order valence-electron chi connectivity index (χ2n) is 5.32. The number of para-hydroxylation sites is 2. The SMILES string of the molecule is COc1ccc(Cc2nc3ccccc3n2CCN)cc1OC. The van der Waals surface area contributed by atoms with Gasteiger partial charge in [0.2, 0.25) is 0 Å². The van der Waals surface area contributed by atoms with Crippen LogP contribution in [0.25, 0.3) is 11.0 Å². The Morgan fingerprint density at radius 2 is 1.83 bits per heavy atom. The molecule has 5 nitrogen and oxygen atoms in total. The highest BCUT2D eigenvalue weighted by molar-refractivity contribution is 5.76. The van der Waals surface area contributed by atoms with Gasteiger partial charge in [0.15, 0.2) is 11.5 Å². The van der Waals surface area contributed by atoms with E-state index in [9.17, 15) is 0 Å². The number of rotatable bonds is 6. The maximum absolute atomic E-state index is 5.77. The highest BCUT2D eigenvalue weighted by Crippen LogP contribution is 2.29. The van der Waals surface area contributed by atoms with Crippen LogP contribution in [-0.2, 0) is 13.0 Å². The highest BCUT2D eigenvalue weighted by Gasteiger charge is 2.12. The van der Waals surface area contributed by atoms with Crippen LogP contribution in [0.2, 0.25) is 0 Å². The Balaban J connectivity index is 1.99. The number of nitrogens with two attached hydrogens (primary N) is 1. The van der Waals surface area contributed by atoms with E-state index in [-0.39, 0.29) is 0 Å². The van der Waals surface area contributed by atoms with Gasteiger partial charge >= 0.3 is 0 Å². The lowest BCUT2D eigenvalue weighted by Gasteiger charge is -2.11. The van der Waals surface area contributed by atoms with Gasteiger partial charge in [0, 0.05) is 19.5 Å². The molecule has 0 radical (unpaired) electrons. The zero-order valence-corrected chi connectivity index (χ0v) is 13.5. The second-order valence-corrected chi connectivity index (χ2v) is 5.32. The molecule has 0 amide bonds. The normalized spacial score (nSPS) is 10.9. The molecule has 2 aromatic carbocycles.